The molecule has 1 unspecified atom stereocenters. The summed E-state index contributed by atoms with van der Waals surface area (Å²) in [5, 5.41) is 0. The molecule has 0 spiro atoms. The number of halogens is 6. The largest absolute Gasteiger partial charge is 0.416 e. The number of hydrogen-bond acceptors (Lipinski definition) is 2. The van der Waals surface area contributed by atoms with E-state index in [9.17, 15) is 31.1 Å². The van der Waals surface area contributed by atoms with Gasteiger partial charge in [0.15, 0.2) is 0 Å². The van der Waals surface area contributed by atoms with Gasteiger partial charge in [-0.25, -0.2) is 0 Å². The van der Waals surface area contributed by atoms with Crippen LogP contribution in [0.15, 0.2) is 18.2 Å². The first-order valence-corrected chi connectivity index (χ1v) is 7.74. The van der Waals surface area contributed by atoms with Crippen LogP contribution in [-0.2, 0) is 12.4 Å². The first-order valence-electron chi connectivity index (χ1n) is 7.74. The third-order valence-electron chi connectivity index (χ3n) is 4.41. The number of likely N-dealkylation sites (tertiary alicyclic amines) is 1. The first-order chi connectivity index (χ1) is 11.4. The van der Waals surface area contributed by atoms with Crippen LogP contribution in [0.25, 0.3) is 0 Å². The van der Waals surface area contributed by atoms with Crippen molar-refractivity contribution in [1.29, 1.82) is 0 Å². The first kappa shape index (κ1) is 19.6. The molecular formula is C16H18F6N2O. The van der Waals surface area contributed by atoms with Crippen LogP contribution in [0.1, 0.15) is 41.3 Å². The standard InChI is InChI=1S/C16H18F6N2O/c1-9(23)10-2-4-24(5-3-10)14(25)11-6-12(15(17,18)19)8-13(7-11)16(20,21)22/h6-10H,2-5,23H2,1H3. The SMILES string of the molecule is CC(N)C1CCN(C(=O)c2cc(C(F)(F)F)cc(C(F)(F)F)c2)CC1. The lowest BCUT2D eigenvalue weighted by Gasteiger charge is -2.34. The van der Waals surface area contributed by atoms with Crippen molar-refractivity contribution in [2.45, 2.75) is 38.2 Å². The Bertz CT molecular complexity index is 598. The van der Waals surface area contributed by atoms with Gasteiger partial charge >= 0.3 is 12.4 Å². The van der Waals surface area contributed by atoms with Crippen molar-refractivity contribution in [3.8, 4) is 0 Å². The van der Waals surface area contributed by atoms with E-state index >= 15 is 0 Å². The maximum absolute atomic E-state index is 12.9. The van der Waals surface area contributed by atoms with Crippen LogP contribution in [-0.4, -0.2) is 29.9 Å². The van der Waals surface area contributed by atoms with E-state index in [1.165, 1.54) is 4.90 Å². The van der Waals surface area contributed by atoms with Crippen molar-refractivity contribution in [3.63, 3.8) is 0 Å². The van der Waals surface area contributed by atoms with Gasteiger partial charge in [-0.3, -0.25) is 4.79 Å². The monoisotopic (exact) mass is 368 g/mol. The van der Waals surface area contributed by atoms with Gasteiger partial charge in [-0.15, -0.1) is 0 Å². The number of benzene rings is 1. The Morgan fingerprint density at radius 3 is 1.84 bits per heavy atom. The summed E-state index contributed by atoms with van der Waals surface area (Å²) in [6.07, 6.45) is -8.82. The summed E-state index contributed by atoms with van der Waals surface area (Å²) in [7, 11) is 0. The second-order valence-electron chi connectivity index (χ2n) is 6.28. The van der Waals surface area contributed by atoms with Gasteiger partial charge in [-0.1, -0.05) is 0 Å². The zero-order valence-electron chi connectivity index (χ0n) is 13.4. The smallest absolute Gasteiger partial charge is 0.339 e. The highest BCUT2D eigenvalue weighted by Crippen LogP contribution is 2.36. The molecule has 0 saturated carbocycles. The van der Waals surface area contributed by atoms with Gasteiger partial charge in [0.2, 0.25) is 0 Å². The van der Waals surface area contributed by atoms with Crippen LogP contribution in [0.2, 0.25) is 0 Å². The van der Waals surface area contributed by atoms with Crippen molar-refractivity contribution >= 4 is 5.91 Å². The fraction of sp³-hybridized carbons (Fsp3) is 0.562. The minimum absolute atomic E-state index is 0.0130. The average molecular weight is 368 g/mol. The number of carbonyl (C=O) groups is 1. The molecule has 2 N–H and O–H groups in total. The summed E-state index contributed by atoms with van der Waals surface area (Å²) in [5.74, 6) is -0.656. The molecule has 1 aromatic carbocycles. The molecule has 0 aliphatic carbocycles. The van der Waals surface area contributed by atoms with E-state index < -0.39 is 35.0 Å². The molecule has 25 heavy (non-hydrogen) atoms. The molecule has 1 heterocycles. The highest BCUT2D eigenvalue weighted by Gasteiger charge is 2.38. The van der Waals surface area contributed by atoms with Gasteiger partial charge in [0.05, 0.1) is 11.1 Å². The van der Waals surface area contributed by atoms with E-state index in [2.05, 4.69) is 0 Å². The predicted molar refractivity (Wildman–Crippen MR) is 78.7 cm³/mol. The van der Waals surface area contributed by atoms with Crippen LogP contribution < -0.4 is 5.73 Å². The highest BCUT2D eigenvalue weighted by atomic mass is 19.4. The van der Waals surface area contributed by atoms with Crippen LogP contribution in [0.4, 0.5) is 26.3 Å². The number of amides is 1. The molecule has 1 fully saturated rings. The third kappa shape index (κ3) is 4.65. The van der Waals surface area contributed by atoms with Gasteiger partial charge in [0.25, 0.3) is 5.91 Å². The highest BCUT2D eigenvalue weighted by molar-refractivity contribution is 5.94. The predicted octanol–water partition coefficient (Wildman–Crippen LogP) is 3.92. The second-order valence-corrected chi connectivity index (χ2v) is 6.28. The van der Waals surface area contributed by atoms with Crippen LogP contribution in [0.5, 0.6) is 0 Å². The summed E-state index contributed by atoms with van der Waals surface area (Å²) in [5.41, 5.74) is 2.19. The third-order valence-corrected chi connectivity index (χ3v) is 4.41. The molecule has 0 radical (unpaired) electrons. The fourth-order valence-corrected chi connectivity index (χ4v) is 2.89. The Balaban J connectivity index is 2.30. The Kier molecular flexibility index (Phi) is 5.36. The fourth-order valence-electron chi connectivity index (χ4n) is 2.89. The van der Waals surface area contributed by atoms with Crippen molar-refractivity contribution in [1.82, 2.24) is 4.90 Å². The number of alkyl halides is 6. The zero-order chi connectivity index (χ0) is 19.0. The second kappa shape index (κ2) is 6.86. The lowest BCUT2D eigenvalue weighted by atomic mass is 9.90. The number of piperidine rings is 1. The minimum Gasteiger partial charge on any atom is -0.339 e. The lowest BCUT2D eigenvalue weighted by Crippen LogP contribution is -2.42. The molecule has 0 aromatic heterocycles. The number of hydrogen-bond donors (Lipinski definition) is 1. The summed E-state index contributed by atoms with van der Waals surface area (Å²) in [4.78, 5) is 13.7. The van der Waals surface area contributed by atoms with E-state index in [0.29, 0.717) is 25.0 Å². The van der Waals surface area contributed by atoms with Crippen molar-refractivity contribution in [2.75, 3.05) is 13.1 Å². The van der Waals surface area contributed by atoms with Gasteiger partial charge < -0.3 is 10.6 Å². The lowest BCUT2D eigenvalue weighted by molar-refractivity contribution is -0.143. The Labute approximate surface area is 140 Å². The summed E-state index contributed by atoms with van der Waals surface area (Å²) < 4.78 is 77.3. The molecule has 2 rings (SSSR count). The number of nitrogens with two attached hydrogens (primary N) is 1. The van der Waals surface area contributed by atoms with Gasteiger partial charge in [0.1, 0.15) is 0 Å². The Hall–Kier alpha value is -1.77. The molecule has 0 bridgehead atoms. The topological polar surface area (TPSA) is 46.3 Å². The number of rotatable bonds is 2. The number of nitrogens with zero attached hydrogens (tertiary/aromatic N) is 1. The van der Waals surface area contributed by atoms with Crippen molar-refractivity contribution in [2.24, 2.45) is 11.7 Å². The summed E-state index contributed by atoms with van der Waals surface area (Å²) >= 11 is 0. The molecule has 9 heteroatoms. The molecule has 1 aliphatic heterocycles. The Morgan fingerprint density at radius 2 is 1.48 bits per heavy atom. The molecule has 1 aromatic rings. The van der Waals surface area contributed by atoms with E-state index in [1.807, 2.05) is 6.92 Å². The zero-order valence-corrected chi connectivity index (χ0v) is 13.4. The molecular weight excluding hydrogens is 350 g/mol. The molecule has 1 saturated heterocycles. The minimum atomic E-state index is -4.97. The Morgan fingerprint density at radius 1 is 1.04 bits per heavy atom. The van der Waals surface area contributed by atoms with E-state index in [1.54, 1.807) is 0 Å². The summed E-state index contributed by atoms with van der Waals surface area (Å²) in [6, 6.07) is 0.867. The van der Waals surface area contributed by atoms with Crippen molar-refractivity contribution < 1.29 is 31.1 Å². The van der Waals surface area contributed by atoms with Gasteiger partial charge in [0, 0.05) is 24.7 Å². The summed E-state index contributed by atoms with van der Waals surface area (Å²) in [6.45, 7) is 2.33. The molecule has 3 nitrogen and oxygen atoms in total. The van der Waals surface area contributed by atoms with E-state index in [-0.39, 0.29) is 31.1 Å². The van der Waals surface area contributed by atoms with E-state index in [0.717, 1.165) is 0 Å². The van der Waals surface area contributed by atoms with Crippen LogP contribution in [0, 0.1) is 5.92 Å². The maximum atomic E-state index is 12.9. The molecule has 1 amide bonds. The maximum Gasteiger partial charge on any atom is 0.416 e. The van der Waals surface area contributed by atoms with Crippen molar-refractivity contribution in [3.05, 3.63) is 34.9 Å². The average Bonchev–Trinajstić information content (AvgIpc) is 2.52. The molecule has 140 valence electrons. The normalized spacial score (nSPS) is 18.3. The van der Waals surface area contributed by atoms with E-state index in [4.69, 9.17) is 5.73 Å². The molecule has 1 aliphatic rings. The van der Waals surface area contributed by atoms with Crippen LogP contribution in [0.3, 0.4) is 0 Å². The molecule has 1 atom stereocenters. The quantitative estimate of drug-likeness (QED) is 0.805. The van der Waals surface area contributed by atoms with Crippen LogP contribution >= 0.6 is 0 Å². The van der Waals surface area contributed by atoms with Gasteiger partial charge in [-0.05, 0) is 43.9 Å². The van der Waals surface area contributed by atoms with Gasteiger partial charge in [-0.2, -0.15) is 26.3 Å². The number of carbonyl (C=O) groups excluding carboxylic acids is 1.